The van der Waals surface area contributed by atoms with Crippen molar-refractivity contribution in [1.29, 1.82) is 0 Å². The molecule has 0 amide bonds. The third-order valence-electron chi connectivity index (χ3n) is 2.93. The van der Waals surface area contributed by atoms with Gasteiger partial charge in [-0.2, -0.15) is 0 Å². The molecule has 0 aliphatic rings. The molecule has 0 atom stereocenters. The van der Waals surface area contributed by atoms with Crippen LogP contribution < -0.4 is 20.9 Å². The molecule has 0 radical (unpaired) electrons. The molecule has 0 heterocycles. The Morgan fingerprint density at radius 3 is 1.58 bits per heavy atom. The van der Waals surface area contributed by atoms with Gasteiger partial charge in [0.05, 0.1) is 0 Å². The molecule has 4 N–H and O–H groups in total. The lowest BCUT2D eigenvalue weighted by Gasteiger charge is -2.10. The molecule has 0 aliphatic carbocycles. The maximum absolute atomic E-state index is 5.74. The fourth-order valence-corrected chi connectivity index (χ4v) is 1.64. The van der Waals surface area contributed by atoms with E-state index < -0.39 is 0 Å². The number of benzene rings is 2. The number of aryl methyl sites for hydroxylation is 2. The quantitative estimate of drug-likeness (QED) is 0.653. The minimum Gasteiger partial charge on any atom is -0.457 e. The normalized spacial score (nSPS) is 10.2. The molecule has 0 saturated carbocycles. The second kappa shape index (κ2) is 5.52. The van der Waals surface area contributed by atoms with E-state index in [1.807, 2.05) is 50.2 Å². The summed E-state index contributed by atoms with van der Waals surface area (Å²) < 4.78 is 11.0. The molecule has 19 heavy (non-hydrogen) atoms. The zero-order valence-electron chi connectivity index (χ0n) is 11.1. The average Bonchev–Trinajstić information content (AvgIpc) is 2.38. The van der Waals surface area contributed by atoms with Crippen molar-refractivity contribution in [1.82, 2.24) is 0 Å². The fourth-order valence-electron chi connectivity index (χ4n) is 1.64. The molecule has 0 bridgehead atoms. The monoisotopic (exact) mass is 258 g/mol. The first-order valence-electron chi connectivity index (χ1n) is 6.04. The van der Waals surface area contributed by atoms with Crippen LogP contribution in [0.4, 0.5) is 11.4 Å². The van der Waals surface area contributed by atoms with E-state index in [1.54, 1.807) is 0 Å². The molecule has 0 saturated heterocycles. The van der Waals surface area contributed by atoms with Crippen LogP contribution in [-0.2, 0) is 0 Å². The maximum atomic E-state index is 5.74. The van der Waals surface area contributed by atoms with Gasteiger partial charge in [0.25, 0.3) is 0 Å². The number of ether oxygens (including phenoxy) is 2. The predicted molar refractivity (Wildman–Crippen MR) is 77.3 cm³/mol. The van der Waals surface area contributed by atoms with Crippen LogP contribution in [0.25, 0.3) is 0 Å². The lowest BCUT2D eigenvalue weighted by Crippen LogP contribution is -2.06. The second-order valence-corrected chi connectivity index (χ2v) is 4.44. The van der Waals surface area contributed by atoms with E-state index in [-0.39, 0.29) is 6.79 Å². The zero-order valence-corrected chi connectivity index (χ0v) is 11.1. The molecule has 4 nitrogen and oxygen atoms in total. The molecule has 100 valence electrons. The van der Waals surface area contributed by atoms with Crippen molar-refractivity contribution < 1.29 is 9.47 Å². The van der Waals surface area contributed by atoms with Crippen LogP contribution in [0.15, 0.2) is 36.4 Å². The van der Waals surface area contributed by atoms with Crippen molar-refractivity contribution in [2.24, 2.45) is 0 Å². The molecule has 0 spiro atoms. The van der Waals surface area contributed by atoms with E-state index in [9.17, 15) is 0 Å². The van der Waals surface area contributed by atoms with Gasteiger partial charge in [0.15, 0.2) is 0 Å². The van der Waals surface area contributed by atoms with E-state index in [0.717, 1.165) is 34.0 Å². The summed E-state index contributed by atoms with van der Waals surface area (Å²) in [6, 6.07) is 11.0. The molecule has 0 aromatic heterocycles. The number of nitrogens with two attached hydrogens (primary N) is 2. The van der Waals surface area contributed by atoms with Crippen molar-refractivity contribution in [2.45, 2.75) is 13.8 Å². The van der Waals surface area contributed by atoms with Crippen molar-refractivity contribution in [3.63, 3.8) is 0 Å². The number of anilines is 2. The first-order chi connectivity index (χ1) is 9.06. The Morgan fingerprint density at radius 2 is 1.21 bits per heavy atom. The van der Waals surface area contributed by atoms with Crippen LogP contribution in [0.1, 0.15) is 11.1 Å². The number of nitrogen functional groups attached to an aromatic ring is 2. The van der Waals surface area contributed by atoms with Gasteiger partial charge in [0, 0.05) is 11.4 Å². The summed E-state index contributed by atoms with van der Waals surface area (Å²) in [5.41, 5.74) is 15.0. The van der Waals surface area contributed by atoms with E-state index in [4.69, 9.17) is 20.9 Å². The lowest BCUT2D eigenvalue weighted by molar-refractivity contribution is 0.120. The number of rotatable bonds is 4. The second-order valence-electron chi connectivity index (χ2n) is 4.44. The third-order valence-corrected chi connectivity index (χ3v) is 2.93. The van der Waals surface area contributed by atoms with Gasteiger partial charge in [-0.3, -0.25) is 0 Å². The SMILES string of the molecule is Cc1cc(OCOc2ccc(N)c(C)c2)ccc1N. The Kier molecular flexibility index (Phi) is 3.80. The summed E-state index contributed by atoms with van der Waals surface area (Å²) in [4.78, 5) is 0. The smallest absolute Gasteiger partial charge is 0.230 e. The molecular formula is C15H18N2O2. The van der Waals surface area contributed by atoms with Gasteiger partial charge in [0.1, 0.15) is 11.5 Å². The molecule has 0 aliphatic heterocycles. The Balaban J connectivity index is 1.92. The Morgan fingerprint density at radius 1 is 0.789 bits per heavy atom. The maximum Gasteiger partial charge on any atom is 0.230 e. The van der Waals surface area contributed by atoms with Crippen molar-refractivity contribution in [3.8, 4) is 11.5 Å². The summed E-state index contributed by atoms with van der Waals surface area (Å²) in [5.74, 6) is 1.47. The first kappa shape index (κ1) is 13.1. The largest absolute Gasteiger partial charge is 0.457 e. The highest BCUT2D eigenvalue weighted by Gasteiger charge is 2.00. The highest BCUT2D eigenvalue weighted by atomic mass is 16.7. The van der Waals surface area contributed by atoms with Gasteiger partial charge < -0.3 is 20.9 Å². The Labute approximate surface area is 112 Å². The van der Waals surface area contributed by atoms with E-state index >= 15 is 0 Å². The third kappa shape index (κ3) is 3.31. The molecule has 4 heteroatoms. The summed E-state index contributed by atoms with van der Waals surface area (Å²) in [6.45, 7) is 4.02. The topological polar surface area (TPSA) is 70.5 Å². The summed E-state index contributed by atoms with van der Waals surface area (Å²) >= 11 is 0. The summed E-state index contributed by atoms with van der Waals surface area (Å²) in [5, 5.41) is 0. The minimum atomic E-state index is 0.146. The molecular weight excluding hydrogens is 240 g/mol. The van der Waals surface area contributed by atoms with Crippen LogP contribution in [0.2, 0.25) is 0 Å². The lowest BCUT2D eigenvalue weighted by atomic mass is 10.2. The molecule has 2 aromatic carbocycles. The summed E-state index contributed by atoms with van der Waals surface area (Å²) in [7, 11) is 0. The first-order valence-corrected chi connectivity index (χ1v) is 6.04. The molecule has 2 aromatic rings. The van der Waals surface area contributed by atoms with E-state index in [1.165, 1.54) is 0 Å². The molecule has 2 rings (SSSR count). The average molecular weight is 258 g/mol. The van der Waals surface area contributed by atoms with Crippen molar-refractivity contribution >= 4 is 11.4 Å². The fraction of sp³-hybridized carbons (Fsp3) is 0.200. The van der Waals surface area contributed by atoms with Gasteiger partial charge in [-0.1, -0.05) is 0 Å². The minimum absolute atomic E-state index is 0.146. The van der Waals surface area contributed by atoms with Crippen molar-refractivity contribution in [3.05, 3.63) is 47.5 Å². The zero-order chi connectivity index (χ0) is 13.8. The van der Waals surface area contributed by atoms with Crippen LogP contribution in [0.5, 0.6) is 11.5 Å². The number of hydrogen-bond donors (Lipinski definition) is 2. The van der Waals surface area contributed by atoms with Crippen LogP contribution >= 0.6 is 0 Å². The number of hydrogen-bond acceptors (Lipinski definition) is 4. The molecule has 0 fully saturated rings. The van der Waals surface area contributed by atoms with E-state index in [0.29, 0.717) is 0 Å². The van der Waals surface area contributed by atoms with Gasteiger partial charge >= 0.3 is 0 Å². The van der Waals surface area contributed by atoms with Crippen molar-refractivity contribution in [2.75, 3.05) is 18.3 Å². The predicted octanol–water partition coefficient (Wildman–Crippen LogP) is 2.88. The van der Waals surface area contributed by atoms with Crippen LogP contribution in [0.3, 0.4) is 0 Å². The Bertz CT molecular complexity index is 531. The van der Waals surface area contributed by atoms with Gasteiger partial charge in [-0.15, -0.1) is 0 Å². The highest BCUT2D eigenvalue weighted by Crippen LogP contribution is 2.20. The standard InChI is InChI=1S/C15H18N2O2/c1-10-7-12(3-5-14(10)16)18-9-19-13-4-6-15(17)11(2)8-13/h3-8H,9,16-17H2,1-2H3. The highest BCUT2D eigenvalue weighted by molar-refractivity contribution is 5.50. The van der Waals surface area contributed by atoms with Gasteiger partial charge in [0.2, 0.25) is 6.79 Å². The van der Waals surface area contributed by atoms with Crippen LogP contribution in [0, 0.1) is 13.8 Å². The van der Waals surface area contributed by atoms with Gasteiger partial charge in [-0.25, -0.2) is 0 Å². The Hall–Kier alpha value is -2.36. The van der Waals surface area contributed by atoms with E-state index in [2.05, 4.69) is 0 Å². The molecule has 0 unspecified atom stereocenters. The summed E-state index contributed by atoms with van der Waals surface area (Å²) in [6.07, 6.45) is 0. The van der Waals surface area contributed by atoms with Crippen LogP contribution in [-0.4, -0.2) is 6.79 Å². The van der Waals surface area contributed by atoms with Gasteiger partial charge in [-0.05, 0) is 61.4 Å².